The number of hydrogen-bond acceptors (Lipinski definition) is 4. The fraction of sp³-hybridized carbons (Fsp3) is 0.471. The maximum Gasteiger partial charge on any atom is 0.230 e. The molecule has 0 atom stereocenters. The number of rotatable bonds is 7. The van der Waals surface area contributed by atoms with Gasteiger partial charge in [-0.15, -0.1) is 10.2 Å². The first-order valence-corrected chi connectivity index (χ1v) is 9.04. The van der Waals surface area contributed by atoms with Gasteiger partial charge in [0.25, 0.3) is 0 Å². The van der Waals surface area contributed by atoms with Gasteiger partial charge in [0.15, 0.2) is 5.16 Å². The van der Waals surface area contributed by atoms with Gasteiger partial charge in [0.05, 0.1) is 5.75 Å². The highest BCUT2D eigenvalue weighted by atomic mass is 32.2. The molecule has 1 aromatic heterocycles. The first-order valence-electron chi connectivity index (χ1n) is 8.06. The maximum atomic E-state index is 12.1. The van der Waals surface area contributed by atoms with E-state index in [4.69, 9.17) is 0 Å². The molecule has 1 amide bonds. The summed E-state index contributed by atoms with van der Waals surface area (Å²) in [4.78, 5) is 12.1. The van der Waals surface area contributed by atoms with Gasteiger partial charge in [0.2, 0.25) is 5.91 Å². The minimum Gasteiger partial charge on any atom is -0.351 e. The van der Waals surface area contributed by atoms with Crippen LogP contribution in [0.4, 0.5) is 0 Å². The Bertz CT molecular complexity index is 694. The third-order valence-electron chi connectivity index (χ3n) is 4.07. The Balaban J connectivity index is 1.52. The molecule has 23 heavy (non-hydrogen) atoms. The van der Waals surface area contributed by atoms with E-state index in [1.807, 2.05) is 18.2 Å². The smallest absolute Gasteiger partial charge is 0.230 e. The number of carbonyl (C=O) groups excluding carboxylic acids is 1. The number of nitrogens with one attached hydrogen (secondary N) is 1. The summed E-state index contributed by atoms with van der Waals surface area (Å²) in [7, 11) is 0. The number of hydrogen-bond donors (Lipinski definition) is 1. The molecular weight excluding hydrogens is 308 g/mol. The van der Waals surface area contributed by atoms with E-state index in [-0.39, 0.29) is 5.91 Å². The van der Waals surface area contributed by atoms with Crippen molar-refractivity contribution < 1.29 is 4.79 Å². The summed E-state index contributed by atoms with van der Waals surface area (Å²) >= 11 is 1.46. The van der Waals surface area contributed by atoms with E-state index in [9.17, 15) is 4.79 Å². The number of nitrogens with zero attached hydrogens (tertiary/aromatic N) is 3. The van der Waals surface area contributed by atoms with E-state index >= 15 is 0 Å². The molecular formula is C17H22N4OS. The lowest BCUT2D eigenvalue weighted by molar-refractivity contribution is -0.118. The maximum absolute atomic E-state index is 12.1. The van der Waals surface area contributed by atoms with Crippen molar-refractivity contribution in [2.75, 3.05) is 5.75 Å². The molecule has 0 bridgehead atoms. The van der Waals surface area contributed by atoms with Crippen LogP contribution in [0.2, 0.25) is 0 Å². The zero-order valence-corrected chi connectivity index (χ0v) is 14.4. The molecule has 6 heteroatoms. The zero-order chi connectivity index (χ0) is 16.2. The number of aromatic nitrogens is 3. The third kappa shape index (κ3) is 3.93. The van der Waals surface area contributed by atoms with Gasteiger partial charge in [-0.3, -0.25) is 4.79 Å². The predicted molar refractivity (Wildman–Crippen MR) is 91.4 cm³/mol. The van der Waals surface area contributed by atoms with E-state index in [2.05, 4.69) is 40.0 Å². The zero-order valence-electron chi connectivity index (χ0n) is 13.6. The number of benzene rings is 1. The van der Waals surface area contributed by atoms with Crippen LogP contribution in [0.15, 0.2) is 29.4 Å². The Morgan fingerprint density at radius 3 is 2.83 bits per heavy atom. The van der Waals surface area contributed by atoms with Gasteiger partial charge in [-0.05, 0) is 37.8 Å². The summed E-state index contributed by atoms with van der Waals surface area (Å²) in [5.74, 6) is 2.05. The number of aryl methyl sites for hydroxylation is 1. The molecule has 0 spiro atoms. The van der Waals surface area contributed by atoms with E-state index < -0.39 is 0 Å². The van der Waals surface area contributed by atoms with Gasteiger partial charge in [0, 0.05) is 19.0 Å². The lowest BCUT2D eigenvalue weighted by atomic mass is 10.1. The summed E-state index contributed by atoms with van der Waals surface area (Å²) in [6.45, 7) is 5.57. The highest BCUT2D eigenvalue weighted by molar-refractivity contribution is 7.99. The monoisotopic (exact) mass is 330 g/mol. The Hall–Kier alpha value is -1.82. The lowest BCUT2D eigenvalue weighted by Gasteiger charge is -2.08. The molecule has 3 rings (SSSR count). The second-order valence-electron chi connectivity index (χ2n) is 5.85. The van der Waals surface area contributed by atoms with E-state index in [0.29, 0.717) is 18.2 Å². The largest absolute Gasteiger partial charge is 0.351 e. The van der Waals surface area contributed by atoms with Crippen molar-refractivity contribution in [1.29, 1.82) is 0 Å². The molecule has 0 unspecified atom stereocenters. The van der Waals surface area contributed by atoms with Gasteiger partial charge in [-0.1, -0.05) is 36.0 Å². The van der Waals surface area contributed by atoms with Gasteiger partial charge in [-0.2, -0.15) is 0 Å². The molecule has 1 N–H and O–H groups in total. The molecule has 0 aliphatic heterocycles. The average molecular weight is 330 g/mol. The Kier molecular flexibility index (Phi) is 5.00. The van der Waals surface area contributed by atoms with Crippen LogP contribution in [-0.4, -0.2) is 26.4 Å². The second-order valence-corrected chi connectivity index (χ2v) is 6.79. The molecule has 0 radical (unpaired) electrons. The highest BCUT2D eigenvalue weighted by Crippen LogP contribution is 2.39. The Morgan fingerprint density at radius 1 is 1.35 bits per heavy atom. The van der Waals surface area contributed by atoms with Gasteiger partial charge >= 0.3 is 0 Å². The SMILES string of the molecule is CCn1c(SCC(=O)NCc2ccccc2C)nnc1C1CC1. The predicted octanol–water partition coefficient (Wildman–Crippen LogP) is 2.89. The van der Waals surface area contributed by atoms with Crippen LogP contribution in [-0.2, 0) is 17.9 Å². The van der Waals surface area contributed by atoms with Crippen LogP contribution >= 0.6 is 11.8 Å². The van der Waals surface area contributed by atoms with Crippen molar-refractivity contribution in [3.63, 3.8) is 0 Å². The Morgan fingerprint density at radius 2 is 2.13 bits per heavy atom. The topological polar surface area (TPSA) is 59.8 Å². The van der Waals surface area contributed by atoms with Crippen LogP contribution in [0, 0.1) is 6.92 Å². The third-order valence-corrected chi connectivity index (χ3v) is 5.04. The fourth-order valence-electron chi connectivity index (χ4n) is 2.53. The molecule has 1 fully saturated rings. The molecule has 5 nitrogen and oxygen atoms in total. The van der Waals surface area contributed by atoms with Crippen LogP contribution in [0.5, 0.6) is 0 Å². The first-order chi connectivity index (χ1) is 11.2. The van der Waals surface area contributed by atoms with Gasteiger partial charge in [-0.25, -0.2) is 0 Å². The van der Waals surface area contributed by atoms with E-state index in [0.717, 1.165) is 23.1 Å². The molecule has 0 saturated heterocycles. The van der Waals surface area contributed by atoms with Crippen molar-refractivity contribution >= 4 is 17.7 Å². The highest BCUT2D eigenvalue weighted by Gasteiger charge is 2.30. The minimum atomic E-state index is 0.0249. The van der Waals surface area contributed by atoms with Crippen LogP contribution in [0.1, 0.15) is 42.6 Å². The molecule has 2 aromatic rings. The summed E-state index contributed by atoms with van der Waals surface area (Å²) in [5, 5.41) is 12.4. The average Bonchev–Trinajstić information content (AvgIpc) is 3.32. The van der Waals surface area contributed by atoms with Gasteiger partial charge < -0.3 is 9.88 Å². The number of thioether (sulfide) groups is 1. The van der Waals surface area contributed by atoms with Crippen LogP contribution in [0.25, 0.3) is 0 Å². The van der Waals surface area contributed by atoms with Crippen molar-refractivity contribution in [1.82, 2.24) is 20.1 Å². The van der Waals surface area contributed by atoms with Crippen LogP contribution < -0.4 is 5.32 Å². The standard InChI is InChI=1S/C17H22N4OS/c1-3-21-16(13-8-9-13)19-20-17(21)23-11-15(22)18-10-14-7-5-4-6-12(14)2/h4-7,13H,3,8-11H2,1-2H3,(H,18,22). The molecule has 122 valence electrons. The molecule has 1 aromatic carbocycles. The van der Waals surface area contributed by atoms with Crippen molar-refractivity contribution in [2.45, 2.75) is 50.9 Å². The molecule has 1 saturated carbocycles. The summed E-state index contributed by atoms with van der Waals surface area (Å²) in [6.07, 6.45) is 2.42. The van der Waals surface area contributed by atoms with Gasteiger partial charge in [0.1, 0.15) is 5.82 Å². The number of amides is 1. The minimum absolute atomic E-state index is 0.0249. The Labute approximate surface area is 140 Å². The molecule has 1 aliphatic rings. The quantitative estimate of drug-likeness (QED) is 0.793. The lowest BCUT2D eigenvalue weighted by Crippen LogP contribution is -2.25. The van der Waals surface area contributed by atoms with E-state index in [1.165, 1.54) is 30.2 Å². The van der Waals surface area contributed by atoms with Crippen molar-refractivity contribution in [3.05, 3.63) is 41.2 Å². The summed E-state index contributed by atoms with van der Waals surface area (Å²) in [5.41, 5.74) is 2.35. The van der Waals surface area contributed by atoms with Crippen LogP contribution in [0.3, 0.4) is 0 Å². The molecule has 1 heterocycles. The van der Waals surface area contributed by atoms with E-state index in [1.54, 1.807) is 0 Å². The summed E-state index contributed by atoms with van der Waals surface area (Å²) in [6, 6.07) is 8.09. The first kappa shape index (κ1) is 16.1. The molecule has 1 aliphatic carbocycles. The van der Waals surface area contributed by atoms with Crippen molar-refractivity contribution in [2.24, 2.45) is 0 Å². The fourth-order valence-corrected chi connectivity index (χ4v) is 3.37. The second kappa shape index (κ2) is 7.17. The van der Waals surface area contributed by atoms with Crippen molar-refractivity contribution in [3.8, 4) is 0 Å². The number of carbonyl (C=O) groups is 1. The summed E-state index contributed by atoms with van der Waals surface area (Å²) < 4.78 is 2.14. The normalized spacial score (nSPS) is 14.0.